The molecule has 0 saturated carbocycles. The van der Waals surface area contributed by atoms with Crippen LogP contribution in [0.3, 0.4) is 0 Å². The first kappa shape index (κ1) is 27.2. The van der Waals surface area contributed by atoms with Crippen LogP contribution in [-0.2, 0) is 25.3 Å². The Morgan fingerprint density at radius 2 is 1.69 bits per heavy atom. The van der Waals surface area contributed by atoms with Crippen LogP contribution in [0, 0.1) is 0 Å². The van der Waals surface area contributed by atoms with Gasteiger partial charge in [-0.3, -0.25) is 9.69 Å². The van der Waals surface area contributed by atoms with Gasteiger partial charge in [-0.1, -0.05) is 51.1 Å². The van der Waals surface area contributed by atoms with Crippen LogP contribution in [0.2, 0.25) is 18.1 Å². The topological polar surface area (TPSA) is 85.4 Å². The minimum absolute atomic E-state index is 0.0470. The highest BCUT2D eigenvalue weighted by molar-refractivity contribution is 6.74. The van der Waals surface area contributed by atoms with Crippen molar-refractivity contribution in [3.63, 3.8) is 0 Å². The van der Waals surface area contributed by atoms with Gasteiger partial charge in [-0.15, -0.1) is 0 Å². The maximum absolute atomic E-state index is 13.6. The average molecular weight is 505 g/mol. The lowest BCUT2D eigenvalue weighted by Gasteiger charge is -2.56. The lowest BCUT2D eigenvalue weighted by Crippen LogP contribution is -2.81. The first-order valence-corrected chi connectivity index (χ1v) is 15.2. The summed E-state index contributed by atoms with van der Waals surface area (Å²) in [5.74, 6) is -0.426. The van der Waals surface area contributed by atoms with E-state index in [-0.39, 0.29) is 18.3 Å². The minimum atomic E-state index is -2.18. The Bertz CT molecular complexity index is 953. The van der Waals surface area contributed by atoms with Crippen molar-refractivity contribution in [2.75, 3.05) is 13.2 Å². The third-order valence-corrected chi connectivity index (χ3v) is 11.8. The second-order valence-corrected chi connectivity index (χ2v) is 16.8. The van der Waals surface area contributed by atoms with Crippen LogP contribution >= 0.6 is 0 Å². The van der Waals surface area contributed by atoms with Gasteiger partial charge in [-0.2, -0.15) is 0 Å². The van der Waals surface area contributed by atoms with Crippen LogP contribution in [0.15, 0.2) is 30.3 Å². The molecule has 2 atom stereocenters. The molecule has 3 rings (SSSR count). The van der Waals surface area contributed by atoms with Gasteiger partial charge in [0.15, 0.2) is 8.32 Å². The summed E-state index contributed by atoms with van der Waals surface area (Å²) < 4.78 is 17.6. The number of hydrogen-bond acceptors (Lipinski definition) is 6. The van der Waals surface area contributed by atoms with Gasteiger partial charge in [0, 0.05) is 6.54 Å². The van der Waals surface area contributed by atoms with Crippen molar-refractivity contribution < 1.29 is 28.3 Å². The van der Waals surface area contributed by atoms with E-state index in [0.717, 1.165) is 10.5 Å². The number of carbonyl (C=O) groups is 3. The third-order valence-electron chi connectivity index (χ3n) is 7.30. The van der Waals surface area contributed by atoms with Crippen molar-refractivity contribution in [3.05, 3.63) is 35.9 Å². The summed E-state index contributed by atoms with van der Waals surface area (Å²) >= 11 is 0. The summed E-state index contributed by atoms with van der Waals surface area (Å²) in [5, 5.41) is -0.0470. The zero-order valence-corrected chi connectivity index (χ0v) is 23.3. The molecule has 1 aromatic carbocycles. The molecule has 3 amide bonds. The lowest BCUT2D eigenvalue weighted by molar-refractivity contribution is -0.171. The first-order chi connectivity index (χ1) is 16.1. The van der Waals surface area contributed by atoms with Crippen molar-refractivity contribution in [1.29, 1.82) is 0 Å². The molecule has 35 heavy (non-hydrogen) atoms. The molecule has 2 fully saturated rings. The fourth-order valence-electron chi connectivity index (χ4n) is 4.34. The van der Waals surface area contributed by atoms with Crippen molar-refractivity contribution in [2.45, 2.75) is 96.3 Å². The maximum atomic E-state index is 13.6. The molecule has 1 spiro atoms. The van der Waals surface area contributed by atoms with Gasteiger partial charge < -0.3 is 13.9 Å². The number of hydrogen-bond donors (Lipinski definition) is 0. The van der Waals surface area contributed by atoms with E-state index in [4.69, 9.17) is 13.9 Å². The van der Waals surface area contributed by atoms with Crippen LogP contribution in [0.1, 0.15) is 59.9 Å². The number of benzene rings is 1. The molecule has 0 aliphatic carbocycles. The standard InChI is InChI=1S/C26H40N2O6Si/c1-24(2,3)34-23(31)28-20(18-33-35(7,8)25(4,5)6)26(21(28)29)15-12-16-27(26)22(30)32-17-19-13-10-9-11-14-19/h9-11,13-14,20H,12,15-18H2,1-8H3/t20-,26+/m0/s1. The summed E-state index contributed by atoms with van der Waals surface area (Å²) in [6, 6.07) is 8.77. The molecule has 0 bridgehead atoms. The van der Waals surface area contributed by atoms with Gasteiger partial charge in [0.05, 0.1) is 12.6 Å². The first-order valence-electron chi connectivity index (χ1n) is 12.3. The normalized spacial score (nSPS) is 22.9. The minimum Gasteiger partial charge on any atom is -0.445 e. The van der Waals surface area contributed by atoms with E-state index in [1.807, 2.05) is 30.3 Å². The highest BCUT2D eigenvalue weighted by Gasteiger charge is 2.69. The highest BCUT2D eigenvalue weighted by Crippen LogP contribution is 2.46. The summed E-state index contributed by atoms with van der Waals surface area (Å²) in [7, 11) is -2.18. The van der Waals surface area contributed by atoms with E-state index in [1.165, 1.54) is 4.90 Å². The van der Waals surface area contributed by atoms with Gasteiger partial charge in [0.2, 0.25) is 0 Å². The number of imide groups is 1. The van der Waals surface area contributed by atoms with Crippen LogP contribution in [0.4, 0.5) is 9.59 Å². The molecule has 8 nitrogen and oxygen atoms in total. The fraction of sp³-hybridized carbons (Fsp3) is 0.654. The second kappa shape index (κ2) is 9.58. The fourth-order valence-corrected chi connectivity index (χ4v) is 5.35. The van der Waals surface area contributed by atoms with E-state index in [0.29, 0.717) is 19.4 Å². The molecule has 2 aliphatic rings. The molecule has 2 heterocycles. The van der Waals surface area contributed by atoms with E-state index in [9.17, 15) is 14.4 Å². The molecule has 0 radical (unpaired) electrons. The second-order valence-electron chi connectivity index (χ2n) is 12.0. The van der Waals surface area contributed by atoms with Gasteiger partial charge >= 0.3 is 12.2 Å². The van der Waals surface area contributed by atoms with Gasteiger partial charge in [-0.05, 0) is 57.3 Å². The SMILES string of the molecule is CC(C)(C)OC(=O)N1C(=O)[C@@]2(CCCN2C(=O)OCc2ccccc2)[C@@H]1CO[Si](C)(C)C(C)(C)C. The highest BCUT2D eigenvalue weighted by atomic mass is 28.4. The summed E-state index contributed by atoms with van der Waals surface area (Å²) in [5.41, 5.74) is -1.05. The zero-order chi connectivity index (χ0) is 26.2. The van der Waals surface area contributed by atoms with E-state index >= 15 is 0 Å². The number of β-lactam (4-membered cyclic amide) rings is 1. The Balaban J connectivity index is 1.85. The van der Waals surface area contributed by atoms with E-state index < -0.39 is 43.6 Å². The average Bonchev–Trinajstić information content (AvgIpc) is 3.21. The molecule has 2 saturated heterocycles. The molecule has 0 unspecified atom stereocenters. The van der Waals surface area contributed by atoms with Crippen molar-refractivity contribution in [2.24, 2.45) is 0 Å². The Morgan fingerprint density at radius 3 is 2.26 bits per heavy atom. The summed E-state index contributed by atoms with van der Waals surface area (Å²) in [6.45, 7) is 16.6. The van der Waals surface area contributed by atoms with Gasteiger partial charge in [0.1, 0.15) is 17.7 Å². The van der Waals surface area contributed by atoms with Crippen LogP contribution < -0.4 is 0 Å². The molecule has 1 aromatic rings. The third kappa shape index (κ3) is 5.40. The van der Waals surface area contributed by atoms with Crippen molar-refractivity contribution in [1.82, 2.24) is 9.80 Å². The van der Waals surface area contributed by atoms with Crippen molar-refractivity contribution in [3.8, 4) is 0 Å². The Kier molecular flexibility index (Phi) is 7.44. The van der Waals surface area contributed by atoms with E-state index in [2.05, 4.69) is 33.9 Å². The number of ether oxygens (including phenoxy) is 2. The largest absolute Gasteiger partial charge is 0.445 e. The van der Waals surface area contributed by atoms with Crippen molar-refractivity contribution >= 4 is 26.4 Å². The number of nitrogens with zero attached hydrogens (tertiary/aromatic N) is 2. The molecular formula is C26H40N2O6Si. The summed E-state index contributed by atoms with van der Waals surface area (Å²) in [4.78, 5) is 42.4. The Hall–Kier alpha value is -2.39. The number of rotatable bonds is 5. The molecule has 0 N–H and O–H groups in total. The molecule has 0 aromatic heterocycles. The predicted octanol–water partition coefficient (Wildman–Crippen LogP) is 5.33. The molecular weight excluding hydrogens is 464 g/mol. The van der Waals surface area contributed by atoms with E-state index in [1.54, 1.807) is 20.8 Å². The van der Waals surface area contributed by atoms with Crippen LogP contribution in [0.5, 0.6) is 0 Å². The smallest absolute Gasteiger partial charge is 0.417 e. The van der Waals surface area contributed by atoms with Gasteiger partial charge in [0.25, 0.3) is 5.91 Å². The quantitative estimate of drug-likeness (QED) is 0.398. The van der Waals surface area contributed by atoms with Gasteiger partial charge in [-0.25, -0.2) is 14.5 Å². The monoisotopic (exact) mass is 504 g/mol. The Labute approximate surface area is 210 Å². The zero-order valence-electron chi connectivity index (χ0n) is 22.3. The number of likely N-dealkylation sites (tertiary alicyclic amines) is 2. The van der Waals surface area contributed by atoms with Crippen LogP contribution in [0.25, 0.3) is 0 Å². The predicted molar refractivity (Wildman–Crippen MR) is 135 cm³/mol. The number of amides is 3. The maximum Gasteiger partial charge on any atom is 0.417 e. The lowest BCUT2D eigenvalue weighted by atomic mass is 9.77. The molecule has 9 heteroatoms. The molecule has 2 aliphatic heterocycles. The number of carbonyl (C=O) groups excluding carboxylic acids is 3. The van der Waals surface area contributed by atoms with Crippen LogP contribution in [-0.4, -0.2) is 66.5 Å². The molecule has 194 valence electrons. The summed E-state index contributed by atoms with van der Waals surface area (Å²) in [6.07, 6.45) is -0.163. The Morgan fingerprint density at radius 1 is 1.06 bits per heavy atom.